The van der Waals surface area contributed by atoms with Gasteiger partial charge >= 0.3 is 11.8 Å². The van der Waals surface area contributed by atoms with Crippen molar-refractivity contribution < 1.29 is 37.8 Å². The van der Waals surface area contributed by atoms with E-state index in [0.29, 0.717) is 17.1 Å². The van der Waals surface area contributed by atoms with Crippen LogP contribution in [0.5, 0.6) is 11.5 Å². The molecular weight excluding hydrogens is 509 g/mol. The third-order valence-electron chi connectivity index (χ3n) is 7.77. The first kappa shape index (κ1) is 29.2. The second-order valence-electron chi connectivity index (χ2n) is 10.4. The molecule has 2 atom stereocenters. The molecule has 2 saturated carbocycles. The van der Waals surface area contributed by atoms with Gasteiger partial charge in [-0.15, -0.1) is 5.06 Å². The summed E-state index contributed by atoms with van der Waals surface area (Å²) in [5.41, 5.74) is -0.986. The maximum absolute atomic E-state index is 14.3. The van der Waals surface area contributed by atoms with Crippen molar-refractivity contribution in [1.82, 2.24) is 5.06 Å². The van der Waals surface area contributed by atoms with E-state index >= 15 is 0 Å². The van der Waals surface area contributed by atoms with Crippen LogP contribution in [0.4, 0.5) is 0 Å². The quantitative estimate of drug-likeness (QED) is 0.200. The summed E-state index contributed by atoms with van der Waals surface area (Å²) < 4.78 is 22.3. The molecule has 2 fully saturated rings. The molecular formula is C28H42NO8P+. The number of carbonyl (C=O) groups is 2. The second-order valence-corrected chi connectivity index (χ2v) is 12.5. The summed E-state index contributed by atoms with van der Waals surface area (Å²) in [4.78, 5) is 47.9. The van der Waals surface area contributed by atoms with E-state index in [1.807, 2.05) is 5.06 Å². The number of ketones is 1. The number of carbonyl (C=O) groups excluding carboxylic acids is 2. The predicted octanol–water partition coefficient (Wildman–Crippen LogP) is 5.08. The first-order valence-electron chi connectivity index (χ1n) is 14.2. The summed E-state index contributed by atoms with van der Waals surface area (Å²) in [5.74, 6) is -1.18. The highest BCUT2D eigenvalue weighted by Gasteiger charge is 2.58. The standard InChI is InChI=1S/C28H42NO8P/c1-4-35-38(32,36-5-2)27(26(20(3)30)21-16-17-24-25(18-21)34-19-33-24)28(31)37-29(22-12-8-6-9-13-22)23-14-10-7-11-15-23/h16-18,22-23,26-27H,4-15,19H2,1-3H3/q+1/t26-,27-/m1/s1. The van der Waals surface area contributed by atoms with Gasteiger partial charge in [0, 0.05) is 12.1 Å². The number of Topliss-reactive ketones (excluding diaryl/α,β-unsaturated/α-hetero) is 1. The van der Waals surface area contributed by atoms with Gasteiger partial charge < -0.3 is 19.2 Å². The minimum absolute atomic E-state index is 0.0573. The van der Waals surface area contributed by atoms with Gasteiger partial charge in [-0.25, -0.2) is 13.8 Å². The number of rotatable bonds is 12. The number of benzene rings is 1. The molecule has 4 rings (SSSR count). The van der Waals surface area contributed by atoms with E-state index in [0.717, 1.165) is 51.4 Å². The molecule has 3 aliphatic rings. The third kappa shape index (κ3) is 6.68. The Bertz CT molecular complexity index is 923. The highest BCUT2D eigenvalue weighted by atomic mass is 31.2. The van der Waals surface area contributed by atoms with Gasteiger partial charge in [0.25, 0.3) is 7.94 Å². The van der Waals surface area contributed by atoms with Crippen molar-refractivity contribution in [3.8, 4) is 11.5 Å². The van der Waals surface area contributed by atoms with Gasteiger partial charge in [0.05, 0.1) is 20.1 Å². The van der Waals surface area contributed by atoms with Crippen LogP contribution in [0.1, 0.15) is 96.5 Å². The number of hydrogen-bond acceptors (Lipinski definition) is 9. The molecule has 0 aromatic heterocycles. The van der Waals surface area contributed by atoms with Crippen LogP contribution < -0.4 is 14.4 Å². The Morgan fingerprint density at radius 3 is 2.08 bits per heavy atom. The molecule has 38 heavy (non-hydrogen) atoms. The third-order valence-corrected chi connectivity index (χ3v) is 10.2. The molecule has 1 aliphatic heterocycles. The summed E-state index contributed by atoms with van der Waals surface area (Å²) >= 11 is 0. The first-order valence-corrected chi connectivity index (χ1v) is 15.8. The van der Waals surface area contributed by atoms with Gasteiger partial charge in [0.2, 0.25) is 17.2 Å². The molecule has 1 aromatic carbocycles. The smallest absolute Gasteiger partial charge is 0.453 e. The molecule has 211 valence electrons. The lowest BCUT2D eigenvalue weighted by molar-refractivity contribution is -0.236. The van der Waals surface area contributed by atoms with Gasteiger partial charge in [0.1, 0.15) is 0 Å². The Kier molecular flexibility index (Phi) is 10.4. The fourth-order valence-corrected chi connectivity index (χ4v) is 8.20. The van der Waals surface area contributed by atoms with Gasteiger partial charge in [-0.1, -0.05) is 44.6 Å². The molecule has 0 saturated heterocycles. The molecule has 0 N–H and O–H groups in total. The molecule has 0 amide bonds. The van der Waals surface area contributed by atoms with Gasteiger partial charge in [-0.05, 0) is 57.2 Å². The SMILES string of the molecule is CCO[P+]([O-])(OCC)[C@@H](C(=O)ON(C1CCCCC1)C1CCCCC1)[C@H](C(C)=[O+])c1ccc2c(c1)OCO2. The van der Waals surface area contributed by atoms with E-state index in [1.54, 1.807) is 32.0 Å². The van der Waals surface area contributed by atoms with E-state index < -0.39 is 25.5 Å². The van der Waals surface area contributed by atoms with E-state index in [-0.39, 0.29) is 37.9 Å². The van der Waals surface area contributed by atoms with E-state index in [9.17, 15) is 14.5 Å². The van der Waals surface area contributed by atoms with Gasteiger partial charge in [-0.2, -0.15) is 0 Å². The molecule has 2 aliphatic carbocycles. The molecule has 0 unspecified atom stereocenters. The highest BCUT2D eigenvalue weighted by Crippen LogP contribution is 2.62. The maximum Gasteiger partial charge on any atom is 0.453 e. The summed E-state index contributed by atoms with van der Waals surface area (Å²) in [6, 6.07) is 5.27. The minimum atomic E-state index is -4.11. The Morgan fingerprint density at radius 1 is 1.00 bits per heavy atom. The highest BCUT2D eigenvalue weighted by molar-refractivity contribution is 7.61. The molecule has 0 bridgehead atoms. The fraction of sp³-hybridized carbons (Fsp3) is 0.714. The van der Waals surface area contributed by atoms with E-state index in [4.69, 9.17) is 23.4 Å². The summed E-state index contributed by atoms with van der Waals surface area (Å²) in [6.45, 7) is 4.95. The molecule has 9 nitrogen and oxygen atoms in total. The summed E-state index contributed by atoms with van der Waals surface area (Å²) in [7, 11) is -4.11. The summed E-state index contributed by atoms with van der Waals surface area (Å²) in [5, 5.41) is 1.88. The maximum atomic E-state index is 14.3. The van der Waals surface area contributed by atoms with Crippen LogP contribution in [0.15, 0.2) is 18.2 Å². The van der Waals surface area contributed by atoms with Crippen LogP contribution in [0.3, 0.4) is 0 Å². The Balaban J connectivity index is 1.72. The topological polar surface area (TPSA) is 109 Å². The summed E-state index contributed by atoms with van der Waals surface area (Å²) in [6.07, 6.45) is 10.5. The van der Waals surface area contributed by atoms with Crippen molar-refractivity contribution in [2.75, 3.05) is 20.0 Å². The zero-order valence-electron chi connectivity index (χ0n) is 22.9. The molecule has 10 heteroatoms. The molecule has 0 spiro atoms. The van der Waals surface area contributed by atoms with Gasteiger partial charge in [0.15, 0.2) is 17.4 Å². The predicted molar refractivity (Wildman–Crippen MR) is 142 cm³/mol. The van der Waals surface area contributed by atoms with Crippen LogP contribution in [0.2, 0.25) is 0 Å². The van der Waals surface area contributed by atoms with E-state index in [1.165, 1.54) is 19.8 Å². The van der Waals surface area contributed by atoms with Crippen molar-refractivity contribution in [3.05, 3.63) is 23.8 Å². The Labute approximate surface area is 226 Å². The van der Waals surface area contributed by atoms with Gasteiger partial charge in [-0.3, -0.25) is 0 Å². The number of hydrogen-bond donors (Lipinski definition) is 0. The first-order chi connectivity index (χ1) is 18.4. The van der Waals surface area contributed by atoms with Crippen LogP contribution >= 0.6 is 7.94 Å². The number of fused-ring (bicyclic) bond motifs is 1. The fourth-order valence-electron chi connectivity index (χ4n) is 6.03. The van der Waals surface area contributed by atoms with Crippen LogP contribution in [0.25, 0.3) is 0 Å². The number of ether oxygens (including phenoxy) is 2. The Hall–Kier alpha value is -1.77. The van der Waals surface area contributed by atoms with Crippen molar-refractivity contribution in [2.24, 2.45) is 0 Å². The molecule has 1 heterocycles. The van der Waals surface area contributed by atoms with Crippen molar-refractivity contribution in [2.45, 2.75) is 109 Å². The minimum Gasteiger partial charge on any atom is -0.631 e. The average molecular weight is 552 g/mol. The zero-order chi connectivity index (χ0) is 27.1. The molecule has 1 radical (unpaired) electrons. The largest absolute Gasteiger partial charge is 0.631 e. The second kappa shape index (κ2) is 13.5. The van der Waals surface area contributed by atoms with Crippen molar-refractivity contribution in [3.63, 3.8) is 0 Å². The lowest BCUT2D eigenvalue weighted by Crippen LogP contribution is -2.50. The molecule has 1 aromatic rings. The lowest BCUT2D eigenvalue weighted by atomic mass is 9.90. The Morgan fingerprint density at radius 2 is 1.55 bits per heavy atom. The number of nitrogens with zero attached hydrogens (tertiary/aromatic N) is 1. The van der Waals surface area contributed by atoms with Crippen molar-refractivity contribution >= 4 is 19.7 Å². The van der Waals surface area contributed by atoms with Crippen LogP contribution in [0, 0.1) is 0 Å². The zero-order valence-corrected chi connectivity index (χ0v) is 23.8. The monoisotopic (exact) mass is 551 g/mol. The normalized spacial score (nSPS) is 20.3. The number of hydroxylamine groups is 2. The lowest BCUT2D eigenvalue weighted by Gasteiger charge is -2.41. The van der Waals surface area contributed by atoms with Crippen molar-refractivity contribution in [1.29, 1.82) is 0 Å². The van der Waals surface area contributed by atoms with Crippen LogP contribution in [-0.2, 0) is 23.5 Å². The van der Waals surface area contributed by atoms with E-state index in [2.05, 4.69) is 0 Å². The van der Waals surface area contributed by atoms with Crippen LogP contribution in [-0.4, -0.2) is 54.6 Å². The average Bonchev–Trinajstić information content (AvgIpc) is 3.39.